The van der Waals surface area contributed by atoms with E-state index in [-0.39, 0.29) is 19.1 Å². The van der Waals surface area contributed by atoms with Crippen LogP contribution in [-0.4, -0.2) is 53.7 Å². The van der Waals surface area contributed by atoms with Crippen LogP contribution in [0, 0.1) is 12.3 Å². The van der Waals surface area contributed by atoms with Gasteiger partial charge in [0.05, 0.1) is 12.3 Å². The second kappa shape index (κ2) is 7.88. The van der Waals surface area contributed by atoms with Crippen molar-refractivity contribution in [2.45, 2.75) is 19.8 Å². The zero-order valence-corrected chi connectivity index (χ0v) is 15.6. The fourth-order valence-electron chi connectivity index (χ4n) is 3.77. The van der Waals surface area contributed by atoms with Crippen molar-refractivity contribution in [3.05, 3.63) is 53.7 Å². The number of nitrogens with zero attached hydrogens (tertiary/aromatic N) is 2. The van der Waals surface area contributed by atoms with E-state index < -0.39 is 11.4 Å². The van der Waals surface area contributed by atoms with Gasteiger partial charge >= 0.3 is 5.97 Å². The van der Waals surface area contributed by atoms with Crippen LogP contribution in [0.2, 0.25) is 0 Å². The van der Waals surface area contributed by atoms with Crippen LogP contribution in [0.1, 0.15) is 28.8 Å². The number of ether oxygens (including phenoxy) is 1. The van der Waals surface area contributed by atoms with Gasteiger partial charge < -0.3 is 14.7 Å². The second-order valence-corrected chi connectivity index (χ2v) is 7.04. The number of carboxylic acid groups (broad SMARTS) is 1. The molecule has 2 aromatic rings. The number of hydrogen-bond donors (Lipinski definition) is 1. The van der Waals surface area contributed by atoms with E-state index in [1.807, 2.05) is 37.3 Å². The summed E-state index contributed by atoms with van der Waals surface area (Å²) in [6, 6.07) is 11.2. The predicted molar refractivity (Wildman–Crippen MR) is 101 cm³/mol. The molecule has 1 atom stereocenters. The van der Waals surface area contributed by atoms with Crippen LogP contribution in [-0.2, 0) is 9.53 Å². The normalized spacial score (nSPS) is 19.7. The van der Waals surface area contributed by atoms with Crippen molar-refractivity contribution in [1.82, 2.24) is 9.88 Å². The molecule has 0 radical (unpaired) electrons. The minimum Gasteiger partial charge on any atom is -0.481 e. The van der Waals surface area contributed by atoms with E-state index in [2.05, 4.69) is 4.98 Å². The molecule has 0 bridgehead atoms. The topological polar surface area (TPSA) is 79.7 Å². The van der Waals surface area contributed by atoms with Gasteiger partial charge in [-0.05, 0) is 43.5 Å². The van der Waals surface area contributed by atoms with E-state index in [1.54, 1.807) is 17.2 Å². The summed E-state index contributed by atoms with van der Waals surface area (Å²) in [5, 5.41) is 9.71. The average molecular weight is 368 g/mol. The Morgan fingerprint density at radius 1 is 1.26 bits per heavy atom. The lowest BCUT2D eigenvalue weighted by Gasteiger charge is -2.39. The molecule has 6 heteroatoms. The second-order valence-electron chi connectivity index (χ2n) is 7.04. The molecule has 3 rings (SSSR count). The van der Waals surface area contributed by atoms with Crippen LogP contribution < -0.4 is 0 Å². The minimum atomic E-state index is -1.05. The lowest BCUT2D eigenvalue weighted by Crippen LogP contribution is -2.52. The Hall–Kier alpha value is -2.73. The molecule has 0 aliphatic carbocycles. The maximum Gasteiger partial charge on any atom is 0.313 e. The first-order chi connectivity index (χ1) is 13.0. The largest absolute Gasteiger partial charge is 0.481 e. The molecule has 1 amide bonds. The molecule has 27 heavy (non-hydrogen) atoms. The number of carboxylic acids is 1. The van der Waals surface area contributed by atoms with Crippen molar-refractivity contribution in [2.75, 3.05) is 26.8 Å². The first kappa shape index (κ1) is 19.0. The van der Waals surface area contributed by atoms with Crippen molar-refractivity contribution in [3.63, 3.8) is 0 Å². The summed E-state index contributed by atoms with van der Waals surface area (Å²) >= 11 is 0. The van der Waals surface area contributed by atoms with Crippen molar-refractivity contribution in [3.8, 4) is 11.3 Å². The molecule has 1 saturated heterocycles. The highest BCUT2D eigenvalue weighted by atomic mass is 16.5. The number of methoxy groups -OCH3 is 1. The van der Waals surface area contributed by atoms with E-state index in [0.717, 1.165) is 16.8 Å². The van der Waals surface area contributed by atoms with Gasteiger partial charge in [-0.25, -0.2) is 0 Å². The minimum absolute atomic E-state index is 0.0963. The third kappa shape index (κ3) is 3.71. The van der Waals surface area contributed by atoms with Gasteiger partial charge in [-0.3, -0.25) is 14.6 Å². The molecule has 0 spiro atoms. The zero-order valence-electron chi connectivity index (χ0n) is 15.6. The molecule has 1 aromatic carbocycles. The number of piperidine rings is 1. The van der Waals surface area contributed by atoms with Gasteiger partial charge in [-0.2, -0.15) is 0 Å². The molecule has 1 aliphatic rings. The van der Waals surface area contributed by atoms with Gasteiger partial charge in [-0.1, -0.05) is 18.2 Å². The van der Waals surface area contributed by atoms with E-state index in [9.17, 15) is 14.7 Å². The standard InChI is InChI=1S/C21H24N2O4/c1-15-16(18-9-3-4-11-22-18)7-5-8-17(15)19(24)23-12-6-10-21(13-23,14-27-2)20(25)26/h3-5,7-9,11H,6,10,12-14H2,1-2H3,(H,25,26). The summed E-state index contributed by atoms with van der Waals surface area (Å²) in [6.07, 6.45) is 2.87. The lowest BCUT2D eigenvalue weighted by atomic mass is 9.80. The number of rotatable bonds is 5. The Balaban J connectivity index is 1.91. The summed E-state index contributed by atoms with van der Waals surface area (Å²) in [5.41, 5.74) is 2.09. The number of pyridine rings is 1. The van der Waals surface area contributed by atoms with Gasteiger partial charge in [0.1, 0.15) is 5.41 Å². The van der Waals surface area contributed by atoms with Crippen LogP contribution in [0.25, 0.3) is 11.3 Å². The molecular weight excluding hydrogens is 344 g/mol. The number of benzene rings is 1. The molecule has 1 fully saturated rings. The van der Waals surface area contributed by atoms with Crippen LogP contribution in [0.3, 0.4) is 0 Å². The quantitative estimate of drug-likeness (QED) is 0.878. The highest BCUT2D eigenvalue weighted by Crippen LogP contribution is 2.32. The summed E-state index contributed by atoms with van der Waals surface area (Å²) in [4.78, 5) is 31.1. The number of aromatic nitrogens is 1. The third-order valence-electron chi connectivity index (χ3n) is 5.24. The van der Waals surface area contributed by atoms with E-state index >= 15 is 0 Å². The highest BCUT2D eigenvalue weighted by Gasteiger charge is 2.44. The van der Waals surface area contributed by atoms with E-state index in [0.29, 0.717) is 24.9 Å². The maximum absolute atomic E-state index is 13.2. The fraction of sp³-hybridized carbons (Fsp3) is 0.381. The van der Waals surface area contributed by atoms with Crippen LogP contribution in [0.4, 0.5) is 0 Å². The first-order valence-electron chi connectivity index (χ1n) is 9.01. The number of hydrogen-bond acceptors (Lipinski definition) is 4. The molecule has 1 unspecified atom stereocenters. The van der Waals surface area contributed by atoms with Gasteiger partial charge in [-0.15, -0.1) is 0 Å². The fourth-order valence-corrected chi connectivity index (χ4v) is 3.77. The summed E-state index contributed by atoms with van der Waals surface area (Å²) in [5.74, 6) is -1.06. The van der Waals surface area contributed by atoms with E-state index in [4.69, 9.17) is 4.74 Å². The molecule has 6 nitrogen and oxygen atoms in total. The molecule has 1 aromatic heterocycles. The van der Waals surface area contributed by atoms with Crippen LogP contribution in [0.5, 0.6) is 0 Å². The average Bonchev–Trinajstić information content (AvgIpc) is 2.68. The summed E-state index contributed by atoms with van der Waals surface area (Å²) in [7, 11) is 1.49. The van der Waals surface area contributed by atoms with Gasteiger partial charge in [0.15, 0.2) is 0 Å². The van der Waals surface area contributed by atoms with Crippen molar-refractivity contribution < 1.29 is 19.4 Å². The molecule has 1 aliphatic heterocycles. The van der Waals surface area contributed by atoms with Crippen molar-refractivity contribution >= 4 is 11.9 Å². The van der Waals surface area contributed by atoms with Crippen molar-refractivity contribution in [1.29, 1.82) is 0 Å². The number of likely N-dealkylation sites (tertiary alicyclic amines) is 1. The van der Waals surface area contributed by atoms with Gasteiger partial charge in [0.2, 0.25) is 0 Å². The SMILES string of the molecule is COCC1(C(=O)O)CCCN(C(=O)c2cccc(-c3ccccn3)c2C)C1. The smallest absolute Gasteiger partial charge is 0.313 e. The third-order valence-corrected chi connectivity index (χ3v) is 5.24. The molecule has 1 N–H and O–H groups in total. The van der Waals surface area contributed by atoms with Crippen molar-refractivity contribution in [2.24, 2.45) is 5.41 Å². The number of amides is 1. The number of carbonyl (C=O) groups is 2. The summed E-state index contributed by atoms with van der Waals surface area (Å²) < 4.78 is 5.15. The summed E-state index contributed by atoms with van der Waals surface area (Å²) in [6.45, 7) is 2.70. The Morgan fingerprint density at radius 2 is 2.07 bits per heavy atom. The molecule has 142 valence electrons. The lowest BCUT2D eigenvalue weighted by molar-refractivity contribution is -0.155. The Morgan fingerprint density at radius 3 is 2.74 bits per heavy atom. The van der Waals surface area contributed by atoms with Gasteiger partial charge in [0, 0.05) is 37.5 Å². The van der Waals surface area contributed by atoms with Crippen LogP contribution in [0.15, 0.2) is 42.6 Å². The zero-order chi connectivity index (χ0) is 19.4. The van der Waals surface area contributed by atoms with E-state index in [1.165, 1.54) is 7.11 Å². The Labute approximate surface area is 158 Å². The van der Waals surface area contributed by atoms with Crippen LogP contribution >= 0.6 is 0 Å². The predicted octanol–water partition coefficient (Wildman–Crippen LogP) is 3.01. The monoisotopic (exact) mass is 368 g/mol. The molecule has 2 heterocycles. The number of aliphatic carboxylic acids is 1. The first-order valence-corrected chi connectivity index (χ1v) is 9.01. The van der Waals surface area contributed by atoms with Gasteiger partial charge in [0.25, 0.3) is 5.91 Å². The molecule has 0 saturated carbocycles. The Kier molecular flexibility index (Phi) is 5.56. The highest BCUT2D eigenvalue weighted by molar-refractivity contribution is 5.97. The Bertz CT molecular complexity index is 833. The maximum atomic E-state index is 13.2. The number of carbonyl (C=O) groups excluding carboxylic acids is 1. The molecular formula is C21H24N2O4.